The summed E-state index contributed by atoms with van der Waals surface area (Å²) in [5.74, 6) is -0.562. The summed E-state index contributed by atoms with van der Waals surface area (Å²) in [6.45, 7) is -1.15. The fraction of sp³-hybridized carbons (Fsp3) is 0.273. The van der Waals surface area contributed by atoms with Crippen molar-refractivity contribution in [1.29, 1.82) is 0 Å². The highest BCUT2D eigenvalue weighted by atomic mass is 32.2. The Kier molecular flexibility index (Phi) is 3.51. The Morgan fingerprint density at radius 1 is 1.44 bits per heavy atom. The summed E-state index contributed by atoms with van der Waals surface area (Å²) in [4.78, 5) is 15.1. The van der Waals surface area contributed by atoms with E-state index in [1.807, 2.05) is 0 Å². The predicted molar refractivity (Wildman–Crippen MR) is 65.5 cm³/mol. The minimum Gasteiger partial charge on any atom is -0.369 e. The lowest BCUT2D eigenvalue weighted by Crippen LogP contribution is -2.23. The summed E-state index contributed by atoms with van der Waals surface area (Å²) in [5.41, 5.74) is 5.93. The molecule has 1 unspecified atom stereocenters. The molecule has 1 atom stereocenters. The van der Waals surface area contributed by atoms with Gasteiger partial charge in [0.1, 0.15) is 0 Å². The van der Waals surface area contributed by atoms with Gasteiger partial charge >= 0.3 is 6.55 Å². The quantitative estimate of drug-likeness (QED) is 0.869. The molecule has 0 aliphatic rings. The first-order chi connectivity index (χ1) is 8.50. The van der Waals surface area contributed by atoms with E-state index in [4.69, 9.17) is 5.73 Å². The van der Waals surface area contributed by atoms with Gasteiger partial charge in [0.25, 0.3) is 0 Å². The topological polar surface area (TPSA) is 60.9 Å². The van der Waals surface area contributed by atoms with Gasteiger partial charge in [-0.05, 0) is 19.1 Å². The Balaban J connectivity index is 2.49. The van der Waals surface area contributed by atoms with Crippen LogP contribution in [0.1, 0.15) is 13.5 Å². The van der Waals surface area contributed by atoms with E-state index in [9.17, 15) is 13.6 Å². The average Bonchev–Trinajstić information content (AvgIpc) is 2.66. The molecule has 2 aromatic rings. The van der Waals surface area contributed by atoms with Gasteiger partial charge in [-0.25, -0.2) is 4.98 Å². The molecule has 0 fully saturated rings. The van der Waals surface area contributed by atoms with Gasteiger partial charge in [0.15, 0.2) is 5.16 Å². The Morgan fingerprint density at radius 3 is 2.72 bits per heavy atom. The lowest BCUT2D eigenvalue weighted by Gasteiger charge is -2.09. The van der Waals surface area contributed by atoms with E-state index < -0.39 is 17.7 Å². The Morgan fingerprint density at radius 2 is 2.11 bits per heavy atom. The number of aromatic nitrogens is 2. The number of imidazole rings is 1. The largest absolute Gasteiger partial charge is 0.369 e. The van der Waals surface area contributed by atoms with Crippen LogP contribution in [0.25, 0.3) is 11.0 Å². The number of benzene rings is 1. The van der Waals surface area contributed by atoms with Crippen molar-refractivity contribution in [3.63, 3.8) is 0 Å². The van der Waals surface area contributed by atoms with Gasteiger partial charge in [-0.2, -0.15) is 8.78 Å². The molecule has 4 nitrogen and oxygen atoms in total. The molecular weight excluding hydrogens is 260 g/mol. The van der Waals surface area contributed by atoms with E-state index >= 15 is 0 Å². The van der Waals surface area contributed by atoms with Crippen LogP contribution in [0.4, 0.5) is 8.78 Å². The number of thioether (sulfide) groups is 1. The second kappa shape index (κ2) is 4.93. The summed E-state index contributed by atoms with van der Waals surface area (Å²) in [6.07, 6.45) is 0. The number of hydrogen-bond acceptors (Lipinski definition) is 3. The summed E-state index contributed by atoms with van der Waals surface area (Å²) >= 11 is 0.930. The van der Waals surface area contributed by atoms with Crippen LogP contribution in [0.5, 0.6) is 0 Å². The summed E-state index contributed by atoms with van der Waals surface area (Å²) in [7, 11) is 0. The second-order valence-electron chi connectivity index (χ2n) is 3.69. The van der Waals surface area contributed by atoms with E-state index in [0.717, 1.165) is 16.3 Å². The first-order valence-corrected chi connectivity index (χ1v) is 6.09. The number of alkyl halides is 2. The third kappa shape index (κ3) is 2.31. The minimum absolute atomic E-state index is 0.0949. The number of primary amides is 1. The third-order valence-corrected chi connectivity index (χ3v) is 3.53. The molecule has 2 rings (SSSR count). The van der Waals surface area contributed by atoms with Crippen LogP contribution < -0.4 is 5.73 Å². The fourth-order valence-corrected chi connectivity index (χ4v) is 2.39. The molecule has 0 aliphatic heterocycles. The van der Waals surface area contributed by atoms with Crippen molar-refractivity contribution >= 4 is 28.7 Å². The zero-order valence-electron chi connectivity index (χ0n) is 9.51. The number of amides is 1. The molecule has 1 aromatic carbocycles. The molecule has 1 heterocycles. The second-order valence-corrected chi connectivity index (χ2v) is 5.00. The number of carbonyl (C=O) groups is 1. The predicted octanol–water partition coefficient (Wildman–Crippen LogP) is 2.40. The fourth-order valence-electron chi connectivity index (χ4n) is 1.51. The zero-order valence-corrected chi connectivity index (χ0v) is 10.3. The molecule has 1 amide bonds. The monoisotopic (exact) mass is 271 g/mol. The summed E-state index contributed by atoms with van der Waals surface area (Å²) in [6, 6.07) is 6.59. The lowest BCUT2D eigenvalue weighted by atomic mass is 10.3. The molecule has 96 valence electrons. The molecule has 0 saturated heterocycles. The Hall–Kier alpha value is -1.63. The van der Waals surface area contributed by atoms with Crippen LogP contribution in [-0.4, -0.2) is 20.7 Å². The van der Waals surface area contributed by atoms with E-state index in [-0.39, 0.29) is 5.16 Å². The van der Waals surface area contributed by atoms with Gasteiger partial charge in [-0.15, -0.1) is 0 Å². The number of halogens is 2. The van der Waals surface area contributed by atoms with Crippen molar-refractivity contribution in [3.05, 3.63) is 24.3 Å². The first-order valence-electron chi connectivity index (χ1n) is 5.22. The standard InChI is InChI=1S/C11H11F2N3OS/c1-6(9(14)17)18-11-15-7-4-2-3-5-8(7)16(11)10(12)13/h2-6,10H,1H3,(H2,14,17). The Labute approximate surface area is 106 Å². The minimum atomic E-state index is -2.71. The molecule has 0 bridgehead atoms. The SMILES string of the molecule is CC(Sc1nc2ccccc2n1C(F)F)C(N)=O. The maximum absolute atomic E-state index is 13.0. The highest BCUT2D eigenvalue weighted by molar-refractivity contribution is 8.00. The molecule has 2 N–H and O–H groups in total. The molecule has 0 aliphatic carbocycles. The van der Waals surface area contributed by atoms with Crippen molar-refractivity contribution in [2.75, 3.05) is 0 Å². The van der Waals surface area contributed by atoms with Crippen LogP contribution in [0.2, 0.25) is 0 Å². The highest BCUT2D eigenvalue weighted by Crippen LogP contribution is 2.31. The number of fused-ring (bicyclic) bond motifs is 1. The molecule has 0 radical (unpaired) electrons. The highest BCUT2D eigenvalue weighted by Gasteiger charge is 2.21. The number of nitrogens with two attached hydrogens (primary N) is 1. The Bertz CT molecular complexity index is 585. The van der Waals surface area contributed by atoms with E-state index in [1.165, 1.54) is 0 Å². The average molecular weight is 271 g/mol. The van der Waals surface area contributed by atoms with Crippen LogP contribution in [0.3, 0.4) is 0 Å². The lowest BCUT2D eigenvalue weighted by molar-refractivity contribution is -0.117. The van der Waals surface area contributed by atoms with E-state index in [2.05, 4.69) is 4.98 Å². The van der Waals surface area contributed by atoms with Crippen molar-refractivity contribution in [1.82, 2.24) is 9.55 Å². The maximum Gasteiger partial charge on any atom is 0.321 e. The number of hydrogen-bond donors (Lipinski definition) is 1. The van der Waals surface area contributed by atoms with Crippen molar-refractivity contribution in [2.24, 2.45) is 5.73 Å². The van der Waals surface area contributed by atoms with E-state index in [0.29, 0.717) is 11.0 Å². The van der Waals surface area contributed by atoms with Gasteiger partial charge in [-0.1, -0.05) is 23.9 Å². The number of carbonyl (C=O) groups excluding carboxylic acids is 1. The van der Waals surface area contributed by atoms with Crippen LogP contribution in [0, 0.1) is 0 Å². The van der Waals surface area contributed by atoms with E-state index in [1.54, 1.807) is 31.2 Å². The molecule has 0 spiro atoms. The smallest absolute Gasteiger partial charge is 0.321 e. The normalized spacial score (nSPS) is 13.1. The van der Waals surface area contributed by atoms with Crippen molar-refractivity contribution in [2.45, 2.75) is 23.9 Å². The van der Waals surface area contributed by atoms with Gasteiger partial charge in [0.2, 0.25) is 5.91 Å². The van der Waals surface area contributed by atoms with Gasteiger partial charge in [0.05, 0.1) is 16.3 Å². The maximum atomic E-state index is 13.0. The van der Waals surface area contributed by atoms with Crippen molar-refractivity contribution in [3.8, 4) is 0 Å². The number of nitrogens with zero attached hydrogens (tertiary/aromatic N) is 2. The molecule has 7 heteroatoms. The van der Waals surface area contributed by atoms with Crippen molar-refractivity contribution < 1.29 is 13.6 Å². The van der Waals surface area contributed by atoms with Crippen LogP contribution in [-0.2, 0) is 4.79 Å². The van der Waals surface area contributed by atoms with Gasteiger partial charge in [0, 0.05) is 0 Å². The molecule has 1 aromatic heterocycles. The first kappa shape index (κ1) is 12.8. The summed E-state index contributed by atoms with van der Waals surface area (Å²) < 4.78 is 26.9. The number of para-hydroxylation sites is 2. The van der Waals surface area contributed by atoms with Gasteiger partial charge < -0.3 is 5.73 Å². The zero-order chi connectivity index (χ0) is 13.3. The molecule has 18 heavy (non-hydrogen) atoms. The third-order valence-electron chi connectivity index (χ3n) is 2.44. The van der Waals surface area contributed by atoms with Gasteiger partial charge in [-0.3, -0.25) is 9.36 Å². The van der Waals surface area contributed by atoms with Crippen LogP contribution in [0.15, 0.2) is 29.4 Å². The van der Waals surface area contributed by atoms with Crippen LogP contribution >= 0.6 is 11.8 Å². The number of rotatable bonds is 4. The molecule has 0 saturated carbocycles. The summed E-state index contributed by atoms with van der Waals surface area (Å²) in [5, 5.41) is -0.517. The molecular formula is C11H11F2N3OS.